The van der Waals surface area contributed by atoms with E-state index in [0.29, 0.717) is 6.54 Å². The van der Waals surface area contributed by atoms with E-state index in [9.17, 15) is 4.79 Å². The number of hydrogen-bond donors (Lipinski definition) is 1. The number of likely N-dealkylation sites (tertiary alicyclic amines) is 1. The van der Waals surface area contributed by atoms with Crippen LogP contribution in [0.5, 0.6) is 0 Å². The zero-order chi connectivity index (χ0) is 12.0. The van der Waals surface area contributed by atoms with Gasteiger partial charge >= 0.3 is 0 Å². The molecule has 1 aliphatic rings. The summed E-state index contributed by atoms with van der Waals surface area (Å²) in [5, 5.41) is 0. The lowest BCUT2D eigenvalue weighted by atomic mass is 9.98. The van der Waals surface area contributed by atoms with Crippen LogP contribution in [-0.4, -0.2) is 30.4 Å². The number of hydrogen-bond acceptors (Lipinski definition) is 2. The predicted molar refractivity (Wildman–Crippen MR) is 67.0 cm³/mol. The van der Waals surface area contributed by atoms with Gasteiger partial charge in [0.1, 0.15) is 0 Å². The number of carbonyl (C=O) groups is 1. The van der Waals surface area contributed by atoms with Crippen molar-refractivity contribution in [3.63, 3.8) is 0 Å². The first-order chi connectivity index (χ1) is 7.72. The maximum atomic E-state index is 12.2. The molecule has 1 fully saturated rings. The van der Waals surface area contributed by atoms with Crippen molar-refractivity contribution >= 4 is 5.91 Å². The first-order valence-electron chi connectivity index (χ1n) is 6.71. The highest BCUT2D eigenvalue weighted by Crippen LogP contribution is 2.21. The molecule has 1 heterocycles. The zero-order valence-electron chi connectivity index (χ0n) is 10.7. The normalized spacial score (nSPS) is 23.9. The lowest BCUT2D eigenvalue weighted by molar-refractivity contribution is -0.135. The van der Waals surface area contributed by atoms with Crippen molar-refractivity contribution in [1.82, 2.24) is 4.90 Å². The Hall–Kier alpha value is -0.570. The van der Waals surface area contributed by atoms with Gasteiger partial charge in [-0.2, -0.15) is 0 Å². The molecule has 0 bridgehead atoms. The standard InChI is InChI=1S/C13H26N2O/c1-3-11-6-5-8-15(9-7-11)13(16)12(4-2)10-14/h11-12H,3-10,14H2,1-2H3. The van der Waals surface area contributed by atoms with Gasteiger partial charge in [-0.05, 0) is 31.6 Å². The highest BCUT2D eigenvalue weighted by atomic mass is 16.2. The van der Waals surface area contributed by atoms with Crippen LogP contribution in [0.3, 0.4) is 0 Å². The third-order valence-corrected chi connectivity index (χ3v) is 3.86. The maximum Gasteiger partial charge on any atom is 0.226 e. The quantitative estimate of drug-likeness (QED) is 0.797. The molecular weight excluding hydrogens is 200 g/mol. The molecule has 0 spiro atoms. The van der Waals surface area contributed by atoms with Gasteiger partial charge in [0, 0.05) is 19.6 Å². The summed E-state index contributed by atoms with van der Waals surface area (Å²) in [5.74, 6) is 1.13. The SMILES string of the molecule is CCC1CCCN(C(=O)C(CC)CN)CC1. The van der Waals surface area contributed by atoms with Gasteiger partial charge < -0.3 is 10.6 Å². The smallest absolute Gasteiger partial charge is 0.226 e. The minimum Gasteiger partial charge on any atom is -0.342 e. The van der Waals surface area contributed by atoms with Crippen LogP contribution in [0.4, 0.5) is 0 Å². The van der Waals surface area contributed by atoms with E-state index in [0.717, 1.165) is 31.8 Å². The second kappa shape index (κ2) is 6.89. The monoisotopic (exact) mass is 226 g/mol. The Kier molecular flexibility index (Phi) is 5.81. The summed E-state index contributed by atoms with van der Waals surface area (Å²) in [6.45, 7) is 6.65. The summed E-state index contributed by atoms with van der Waals surface area (Å²) in [4.78, 5) is 14.2. The molecule has 94 valence electrons. The predicted octanol–water partition coefficient (Wildman–Crippen LogP) is 2.01. The minimum absolute atomic E-state index is 0.0400. The van der Waals surface area contributed by atoms with Gasteiger partial charge in [0.15, 0.2) is 0 Å². The third-order valence-electron chi connectivity index (χ3n) is 3.86. The molecule has 16 heavy (non-hydrogen) atoms. The molecule has 3 heteroatoms. The number of nitrogens with zero attached hydrogens (tertiary/aromatic N) is 1. The Labute approximate surface area is 99.4 Å². The summed E-state index contributed by atoms with van der Waals surface area (Å²) in [6.07, 6.45) is 5.72. The number of amides is 1. The first-order valence-corrected chi connectivity index (χ1v) is 6.71. The summed E-state index contributed by atoms with van der Waals surface area (Å²) in [7, 11) is 0. The maximum absolute atomic E-state index is 12.2. The fraction of sp³-hybridized carbons (Fsp3) is 0.923. The Bertz CT molecular complexity index is 214. The molecule has 1 aliphatic heterocycles. The van der Waals surface area contributed by atoms with Crippen LogP contribution in [0, 0.1) is 11.8 Å². The van der Waals surface area contributed by atoms with Crippen molar-refractivity contribution in [3.05, 3.63) is 0 Å². The molecule has 2 unspecified atom stereocenters. The molecule has 0 aromatic rings. The molecule has 0 aromatic heterocycles. The van der Waals surface area contributed by atoms with Crippen LogP contribution >= 0.6 is 0 Å². The van der Waals surface area contributed by atoms with E-state index in [1.54, 1.807) is 0 Å². The number of nitrogens with two attached hydrogens (primary N) is 1. The minimum atomic E-state index is 0.0400. The summed E-state index contributed by atoms with van der Waals surface area (Å²) in [6, 6.07) is 0. The molecule has 2 N–H and O–H groups in total. The third kappa shape index (κ3) is 3.48. The van der Waals surface area contributed by atoms with Crippen molar-refractivity contribution in [2.24, 2.45) is 17.6 Å². The van der Waals surface area contributed by atoms with Gasteiger partial charge in [-0.3, -0.25) is 4.79 Å². The van der Waals surface area contributed by atoms with Gasteiger partial charge in [-0.1, -0.05) is 20.3 Å². The Balaban J connectivity index is 2.50. The van der Waals surface area contributed by atoms with Crippen LogP contribution in [0.2, 0.25) is 0 Å². The van der Waals surface area contributed by atoms with Crippen LogP contribution in [0.15, 0.2) is 0 Å². The highest BCUT2D eigenvalue weighted by molar-refractivity contribution is 5.79. The molecule has 1 amide bonds. The van der Waals surface area contributed by atoms with Gasteiger partial charge in [0.2, 0.25) is 5.91 Å². The number of rotatable bonds is 4. The molecule has 0 aliphatic carbocycles. The van der Waals surface area contributed by atoms with Crippen molar-refractivity contribution in [2.75, 3.05) is 19.6 Å². The molecular formula is C13H26N2O. The van der Waals surface area contributed by atoms with Crippen LogP contribution in [-0.2, 0) is 4.79 Å². The summed E-state index contributed by atoms with van der Waals surface area (Å²) in [5.41, 5.74) is 5.64. The molecule has 2 atom stereocenters. The van der Waals surface area contributed by atoms with E-state index in [1.165, 1.54) is 19.3 Å². The fourth-order valence-corrected chi connectivity index (χ4v) is 2.49. The summed E-state index contributed by atoms with van der Waals surface area (Å²) < 4.78 is 0. The van der Waals surface area contributed by atoms with Gasteiger partial charge in [0.05, 0.1) is 5.92 Å². The van der Waals surface area contributed by atoms with Gasteiger partial charge in [-0.15, -0.1) is 0 Å². The Morgan fingerprint density at radius 1 is 1.38 bits per heavy atom. The van der Waals surface area contributed by atoms with E-state index in [4.69, 9.17) is 5.73 Å². The van der Waals surface area contributed by atoms with E-state index in [1.807, 2.05) is 11.8 Å². The van der Waals surface area contributed by atoms with Gasteiger partial charge in [0.25, 0.3) is 0 Å². The molecule has 0 radical (unpaired) electrons. The number of carbonyl (C=O) groups excluding carboxylic acids is 1. The zero-order valence-corrected chi connectivity index (χ0v) is 10.7. The molecule has 1 saturated heterocycles. The molecule has 0 saturated carbocycles. The lowest BCUT2D eigenvalue weighted by Gasteiger charge is -2.25. The molecule has 0 aromatic carbocycles. The van der Waals surface area contributed by atoms with Crippen molar-refractivity contribution < 1.29 is 4.79 Å². The van der Waals surface area contributed by atoms with Gasteiger partial charge in [-0.25, -0.2) is 0 Å². The second-order valence-electron chi connectivity index (χ2n) is 4.87. The molecule has 1 rings (SSSR count). The largest absolute Gasteiger partial charge is 0.342 e. The lowest BCUT2D eigenvalue weighted by Crippen LogP contribution is -2.39. The van der Waals surface area contributed by atoms with Crippen LogP contribution < -0.4 is 5.73 Å². The van der Waals surface area contributed by atoms with E-state index >= 15 is 0 Å². The highest BCUT2D eigenvalue weighted by Gasteiger charge is 2.24. The van der Waals surface area contributed by atoms with Crippen molar-refractivity contribution in [3.8, 4) is 0 Å². The van der Waals surface area contributed by atoms with Crippen molar-refractivity contribution in [2.45, 2.75) is 46.0 Å². The van der Waals surface area contributed by atoms with E-state index in [2.05, 4.69) is 6.92 Å². The van der Waals surface area contributed by atoms with E-state index in [-0.39, 0.29) is 11.8 Å². The average Bonchev–Trinajstić information content (AvgIpc) is 2.55. The topological polar surface area (TPSA) is 46.3 Å². The van der Waals surface area contributed by atoms with Crippen LogP contribution in [0.1, 0.15) is 46.0 Å². The summed E-state index contributed by atoms with van der Waals surface area (Å²) >= 11 is 0. The Morgan fingerprint density at radius 2 is 2.12 bits per heavy atom. The Morgan fingerprint density at radius 3 is 2.69 bits per heavy atom. The van der Waals surface area contributed by atoms with Crippen molar-refractivity contribution in [1.29, 1.82) is 0 Å². The average molecular weight is 226 g/mol. The first kappa shape index (κ1) is 13.5. The molecule has 3 nitrogen and oxygen atoms in total. The fourth-order valence-electron chi connectivity index (χ4n) is 2.49. The second-order valence-corrected chi connectivity index (χ2v) is 4.87. The van der Waals surface area contributed by atoms with E-state index < -0.39 is 0 Å². The van der Waals surface area contributed by atoms with Crippen LogP contribution in [0.25, 0.3) is 0 Å².